The van der Waals surface area contributed by atoms with E-state index in [9.17, 15) is 27.6 Å². The summed E-state index contributed by atoms with van der Waals surface area (Å²) in [5.41, 5.74) is 1.94. The fourth-order valence-electron chi connectivity index (χ4n) is 6.76. The van der Waals surface area contributed by atoms with Crippen molar-refractivity contribution in [1.82, 2.24) is 24.3 Å². The minimum absolute atomic E-state index is 0.0267. The Bertz CT molecular complexity index is 2530. The van der Waals surface area contributed by atoms with Gasteiger partial charge in [0.25, 0.3) is 27.7 Å². The zero-order valence-corrected chi connectivity index (χ0v) is 36.7. The lowest BCUT2D eigenvalue weighted by Gasteiger charge is -2.29. The third-order valence-corrected chi connectivity index (χ3v) is 12.2. The standard InChI is InChI=1S/C43H45ClIN5O7S/c1-6-7-20-48(22-19-37(51)57-43(3,4)5)42(54)39-38(44)27(2)50(46-39)36-17-14-30(25-35(36)41(53)49-21-18-28-10-8-9-11-31(28)26-49)40(52)47-58(55,56)34-16-13-29-12-15-33(45)23-32(29)24-34/h8-17,23-25H,6-7,18-22,26H2,1-5H3,(H,47,52). The van der Waals surface area contributed by atoms with Crippen molar-refractivity contribution in [1.29, 1.82) is 0 Å². The van der Waals surface area contributed by atoms with Gasteiger partial charge in [-0.3, -0.25) is 19.2 Å². The minimum atomic E-state index is -4.32. The molecule has 0 fully saturated rings. The topological polar surface area (TPSA) is 148 Å². The summed E-state index contributed by atoms with van der Waals surface area (Å²) in [5, 5.41) is 6.24. The van der Waals surface area contributed by atoms with Crippen molar-refractivity contribution >= 4 is 78.7 Å². The molecule has 3 amide bonds. The average Bonchev–Trinajstić information content (AvgIpc) is 3.48. The number of hydrogen-bond donors (Lipinski definition) is 1. The van der Waals surface area contributed by atoms with E-state index in [4.69, 9.17) is 16.3 Å². The number of amides is 3. The first-order valence-electron chi connectivity index (χ1n) is 19.0. The van der Waals surface area contributed by atoms with Crippen molar-refractivity contribution in [3.05, 3.63) is 121 Å². The Balaban J connectivity index is 1.35. The quantitative estimate of drug-likeness (QED) is 0.0982. The Hall–Kier alpha value is -4.80. The SMILES string of the molecule is CCCCN(CCC(=O)OC(C)(C)C)C(=O)c1nn(-c2ccc(C(=O)NS(=O)(=O)c3ccc4ccc(I)cc4c3)cc2C(=O)N2CCc3ccccc3C2)c(C)c1Cl. The maximum atomic E-state index is 14.5. The number of nitrogens with one attached hydrogen (secondary N) is 1. The van der Waals surface area contributed by atoms with Crippen molar-refractivity contribution in [3.63, 3.8) is 0 Å². The molecule has 304 valence electrons. The molecule has 12 nitrogen and oxygen atoms in total. The zero-order valence-electron chi connectivity index (χ0n) is 33.0. The number of esters is 1. The molecule has 0 spiro atoms. The number of sulfonamides is 1. The highest BCUT2D eigenvalue weighted by Gasteiger charge is 2.30. The van der Waals surface area contributed by atoms with Gasteiger partial charge in [0, 0.05) is 35.3 Å². The molecule has 0 bridgehead atoms. The Kier molecular flexibility index (Phi) is 13.0. The summed E-state index contributed by atoms with van der Waals surface area (Å²) in [6.45, 7) is 10.1. The maximum absolute atomic E-state index is 14.5. The molecule has 0 saturated heterocycles. The highest BCUT2D eigenvalue weighted by Crippen LogP contribution is 2.30. The first kappa shape index (κ1) is 42.8. The lowest BCUT2D eigenvalue weighted by Crippen LogP contribution is -2.37. The van der Waals surface area contributed by atoms with E-state index in [1.807, 2.05) is 49.4 Å². The summed E-state index contributed by atoms with van der Waals surface area (Å²) < 4.78 is 37.0. The highest BCUT2D eigenvalue weighted by atomic mass is 127. The monoisotopic (exact) mass is 937 g/mol. The van der Waals surface area contributed by atoms with Gasteiger partial charge in [0.1, 0.15) is 5.60 Å². The molecule has 58 heavy (non-hydrogen) atoms. The van der Waals surface area contributed by atoms with Crippen LogP contribution in [0.3, 0.4) is 0 Å². The molecule has 0 atom stereocenters. The number of carbonyl (C=O) groups excluding carboxylic acids is 4. The fraction of sp³-hybridized carbons (Fsp3) is 0.326. The summed E-state index contributed by atoms with van der Waals surface area (Å²) in [7, 11) is -4.32. The van der Waals surface area contributed by atoms with Crippen LogP contribution in [0.1, 0.15) is 95.0 Å². The molecule has 1 N–H and O–H groups in total. The van der Waals surface area contributed by atoms with E-state index in [1.54, 1.807) is 38.7 Å². The van der Waals surface area contributed by atoms with E-state index >= 15 is 0 Å². The molecule has 0 unspecified atom stereocenters. The molecular weight excluding hydrogens is 893 g/mol. The van der Waals surface area contributed by atoms with E-state index in [2.05, 4.69) is 32.4 Å². The van der Waals surface area contributed by atoms with Gasteiger partial charge in [0.2, 0.25) is 0 Å². The lowest BCUT2D eigenvalue weighted by molar-refractivity contribution is -0.155. The number of benzene rings is 4. The molecule has 1 aromatic heterocycles. The number of aromatic nitrogens is 2. The van der Waals surface area contributed by atoms with E-state index in [0.29, 0.717) is 43.6 Å². The molecule has 15 heteroatoms. The largest absolute Gasteiger partial charge is 0.460 e. The molecule has 0 saturated carbocycles. The summed E-state index contributed by atoms with van der Waals surface area (Å²) >= 11 is 8.98. The van der Waals surface area contributed by atoms with Crippen LogP contribution in [0.25, 0.3) is 16.5 Å². The van der Waals surface area contributed by atoms with Crippen LogP contribution in [-0.2, 0) is 32.5 Å². The number of ether oxygens (including phenoxy) is 1. The molecule has 2 heterocycles. The molecule has 0 aliphatic carbocycles. The second-order valence-corrected chi connectivity index (χ2v) is 18.5. The van der Waals surface area contributed by atoms with Gasteiger partial charge < -0.3 is 14.5 Å². The van der Waals surface area contributed by atoms with Gasteiger partial charge >= 0.3 is 5.97 Å². The van der Waals surface area contributed by atoms with Crippen LogP contribution in [0.2, 0.25) is 5.02 Å². The van der Waals surface area contributed by atoms with Gasteiger partial charge in [0.05, 0.1) is 33.3 Å². The third-order valence-electron chi connectivity index (χ3n) is 9.77. The summed E-state index contributed by atoms with van der Waals surface area (Å²) in [6.07, 6.45) is 2.06. The maximum Gasteiger partial charge on any atom is 0.308 e. The van der Waals surface area contributed by atoms with Gasteiger partial charge in [-0.05, 0) is 127 Å². The Morgan fingerprint density at radius 3 is 2.40 bits per heavy atom. The van der Waals surface area contributed by atoms with Gasteiger partial charge in [0.15, 0.2) is 5.69 Å². The van der Waals surface area contributed by atoms with Crippen molar-refractivity contribution < 1.29 is 32.3 Å². The van der Waals surface area contributed by atoms with Crippen LogP contribution in [0, 0.1) is 10.5 Å². The number of fused-ring (bicyclic) bond motifs is 2. The molecule has 0 radical (unpaired) electrons. The molecule has 5 aromatic rings. The minimum Gasteiger partial charge on any atom is -0.460 e. The number of carbonyl (C=O) groups is 4. The van der Waals surface area contributed by atoms with E-state index in [-0.39, 0.29) is 45.4 Å². The second kappa shape index (κ2) is 17.6. The van der Waals surface area contributed by atoms with Crippen LogP contribution < -0.4 is 4.72 Å². The average molecular weight is 938 g/mol. The third kappa shape index (κ3) is 9.72. The number of halogens is 2. The zero-order chi connectivity index (χ0) is 41.9. The van der Waals surface area contributed by atoms with Crippen molar-refractivity contribution in [2.45, 2.75) is 77.3 Å². The molecular formula is C43H45ClIN5O7S. The van der Waals surface area contributed by atoms with Gasteiger partial charge in [-0.25, -0.2) is 17.8 Å². The van der Waals surface area contributed by atoms with Crippen LogP contribution >= 0.6 is 34.2 Å². The fourth-order valence-corrected chi connectivity index (χ4v) is 8.49. The normalized spacial score (nSPS) is 12.9. The molecule has 1 aliphatic rings. The summed E-state index contributed by atoms with van der Waals surface area (Å²) in [5.74, 6) is -2.29. The lowest BCUT2D eigenvalue weighted by atomic mass is 9.98. The first-order chi connectivity index (χ1) is 27.5. The van der Waals surface area contributed by atoms with Crippen LogP contribution in [0.15, 0.2) is 83.8 Å². The molecule has 1 aliphatic heterocycles. The highest BCUT2D eigenvalue weighted by molar-refractivity contribution is 14.1. The molecule has 6 rings (SSSR count). The Labute approximate surface area is 357 Å². The van der Waals surface area contributed by atoms with E-state index in [1.165, 1.54) is 39.9 Å². The van der Waals surface area contributed by atoms with E-state index < -0.39 is 39.3 Å². The van der Waals surface area contributed by atoms with E-state index in [0.717, 1.165) is 26.5 Å². The van der Waals surface area contributed by atoms with Crippen LogP contribution in [-0.4, -0.2) is 76.9 Å². The smallest absolute Gasteiger partial charge is 0.308 e. The van der Waals surface area contributed by atoms with Crippen molar-refractivity contribution in [2.24, 2.45) is 0 Å². The Morgan fingerprint density at radius 1 is 0.948 bits per heavy atom. The van der Waals surface area contributed by atoms with Crippen molar-refractivity contribution in [3.8, 4) is 5.69 Å². The van der Waals surface area contributed by atoms with Crippen LogP contribution in [0.4, 0.5) is 0 Å². The molecule has 4 aromatic carbocycles. The predicted octanol–water partition coefficient (Wildman–Crippen LogP) is 7.88. The van der Waals surface area contributed by atoms with Crippen LogP contribution in [0.5, 0.6) is 0 Å². The number of hydrogen-bond acceptors (Lipinski definition) is 8. The van der Waals surface area contributed by atoms with Gasteiger partial charge in [-0.2, -0.15) is 5.10 Å². The first-order valence-corrected chi connectivity index (χ1v) is 21.9. The van der Waals surface area contributed by atoms with Gasteiger partial charge in [-0.15, -0.1) is 0 Å². The number of unbranched alkanes of at least 4 members (excludes halogenated alkanes) is 1. The van der Waals surface area contributed by atoms with Crippen molar-refractivity contribution in [2.75, 3.05) is 19.6 Å². The number of nitrogens with zero attached hydrogens (tertiary/aromatic N) is 4. The predicted molar refractivity (Wildman–Crippen MR) is 231 cm³/mol. The Morgan fingerprint density at radius 2 is 1.67 bits per heavy atom. The summed E-state index contributed by atoms with van der Waals surface area (Å²) in [4.78, 5) is 58.0. The number of rotatable bonds is 12. The second-order valence-electron chi connectivity index (χ2n) is 15.2. The van der Waals surface area contributed by atoms with Gasteiger partial charge in [-0.1, -0.05) is 61.3 Å². The summed E-state index contributed by atoms with van der Waals surface area (Å²) in [6, 6.07) is 22.3.